The molecule has 5 heteroatoms. The Morgan fingerprint density at radius 3 is 1.88 bits per heavy atom. The van der Waals surface area contributed by atoms with Crippen LogP contribution in [0.25, 0.3) is 97.6 Å². The summed E-state index contributed by atoms with van der Waals surface area (Å²) in [4.78, 5) is 11.1. The van der Waals surface area contributed by atoms with Crippen molar-refractivity contribution in [3.63, 3.8) is 0 Å². The predicted molar refractivity (Wildman–Crippen MR) is 242 cm³/mol. The molecule has 7 aromatic carbocycles. The zero-order chi connectivity index (χ0) is 38.2. The minimum atomic E-state index is 0.0647. The van der Waals surface area contributed by atoms with Crippen molar-refractivity contribution >= 4 is 86.0 Å². The third kappa shape index (κ3) is 4.61. The molecule has 0 saturated heterocycles. The van der Waals surface area contributed by atoms with Crippen molar-refractivity contribution in [3.8, 4) is 22.9 Å². The molecular formula is C52H40N4S. The van der Waals surface area contributed by atoms with E-state index >= 15 is 0 Å². The van der Waals surface area contributed by atoms with Gasteiger partial charge in [0.15, 0.2) is 0 Å². The number of thiophene rings is 1. The van der Waals surface area contributed by atoms with Crippen LogP contribution < -0.4 is 0 Å². The molecule has 0 spiro atoms. The zero-order valence-electron chi connectivity index (χ0n) is 32.5. The summed E-state index contributed by atoms with van der Waals surface area (Å²) in [6.07, 6.45) is 2.33. The SMILES string of the molecule is CC1(C)CCC(C)(C)c2cc3c(cc21)c1c2c4c5ccccc5ccc4n(-c4nc(-c5ccccc5)c5sc6ccccc6c5n4)c2ccc1n3-c1ccccc1. The van der Waals surface area contributed by atoms with Gasteiger partial charge in [-0.05, 0) is 94.1 Å². The van der Waals surface area contributed by atoms with Crippen LogP contribution in [-0.4, -0.2) is 19.1 Å². The van der Waals surface area contributed by atoms with Gasteiger partial charge in [-0.1, -0.05) is 125 Å². The van der Waals surface area contributed by atoms with Crippen LogP contribution in [0.15, 0.2) is 146 Å². The van der Waals surface area contributed by atoms with Gasteiger partial charge in [0.1, 0.15) is 0 Å². The Morgan fingerprint density at radius 1 is 0.509 bits per heavy atom. The Bertz CT molecular complexity index is 3460. The first kappa shape index (κ1) is 32.9. The Kier molecular flexibility index (Phi) is 6.71. The average molecular weight is 753 g/mol. The molecule has 0 fully saturated rings. The second kappa shape index (κ2) is 11.6. The van der Waals surface area contributed by atoms with E-state index in [0.29, 0.717) is 5.95 Å². The highest BCUT2D eigenvalue weighted by atomic mass is 32.1. The van der Waals surface area contributed by atoms with E-state index in [1.807, 2.05) is 0 Å². The van der Waals surface area contributed by atoms with Crippen molar-refractivity contribution in [2.24, 2.45) is 0 Å². The highest BCUT2D eigenvalue weighted by molar-refractivity contribution is 7.26. The number of rotatable bonds is 3. The molecule has 0 radical (unpaired) electrons. The first-order valence-corrected chi connectivity index (χ1v) is 20.9. The van der Waals surface area contributed by atoms with Crippen LogP contribution >= 0.6 is 11.3 Å². The third-order valence-corrected chi connectivity index (χ3v) is 14.2. The molecule has 0 bridgehead atoms. The Morgan fingerprint density at radius 2 is 1.11 bits per heavy atom. The maximum Gasteiger partial charge on any atom is 0.235 e. The fourth-order valence-corrected chi connectivity index (χ4v) is 11.1. The molecule has 1 aliphatic carbocycles. The quantitative estimate of drug-likeness (QED) is 0.180. The van der Waals surface area contributed by atoms with Gasteiger partial charge in [0, 0.05) is 42.9 Å². The molecule has 0 aliphatic heterocycles. The Balaban J connectivity index is 1.30. The van der Waals surface area contributed by atoms with Gasteiger partial charge in [-0.15, -0.1) is 11.3 Å². The topological polar surface area (TPSA) is 35.6 Å². The van der Waals surface area contributed by atoms with Gasteiger partial charge in [-0.2, -0.15) is 0 Å². The van der Waals surface area contributed by atoms with E-state index < -0.39 is 0 Å². The monoisotopic (exact) mass is 752 g/mol. The number of hydrogen-bond acceptors (Lipinski definition) is 3. The number of aromatic nitrogens is 4. The van der Waals surface area contributed by atoms with Crippen molar-refractivity contribution < 1.29 is 0 Å². The normalized spacial score (nSPS) is 15.2. The molecular weight excluding hydrogens is 713 g/mol. The van der Waals surface area contributed by atoms with Crippen molar-refractivity contribution in [2.45, 2.75) is 51.4 Å². The van der Waals surface area contributed by atoms with Gasteiger partial charge in [-0.3, -0.25) is 4.57 Å². The van der Waals surface area contributed by atoms with E-state index in [4.69, 9.17) is 9.97 Å². The van der Waals surface area contributed by atoms with Crippen LogP contribution in [0.4, 0.5) is 0 Å². The molecule has 11 aromatic rings. The number of nitrogens with zero attached hydrogens (tertiary/aromatic N) is 4. The van der Waals surface area contributed by atoms with Crippen LogP contribution in [-0.2, 0) is 10.8 Å². The minimum Gasteiger partial charge on any atom is -0.309 e. The number of benzene rings is 7. The summed E-state index contributed by atoms with van der Waals surface area (Å²) in [6.45, 7) is 9.73. The van der Waals surface area contributed by atoms with Gasteiger partial charge < -0.3 is 4.57 Å². The average Bonchev–Trinajstić information content (AvgIpc) is 3.90. The van der Waals surface area contributed by atoms with E-state index in [1.165, 1.54) is 71.3 Å². The highest BCUT2D eigenvalue weighted by Crippen LogP contribution is 2.51. The summed E-state index contributed by atoms with van der Waals surface area (Å²) in [6, 6.07) is 53.3. The number of para-hydroxylation sites is 1. The maximum absolute atomic E-state index is 5.53. The van der Waals surface area contributed by atoms with Crippen LogP contribution in [0.3, 0.4) is 0 Å². The Hall–Kier alpha value is -6.30. The number of hydrogen-bond donors (Lipinski definition) is 0. The van der Waals surface area contributed by atoms with Gasteiger partial charge in [0.25, 0.3) is 0 Å². The summed E-state index contributed by atoms with van der Waals surface area (Å²) < 4.78 is 7.17. The lowest BCUT2D eigenvalue weighted by Crippen LogP contribution is -2.33. The van der Waals surface area contributed by atoms with Gasteiger partial charge >= 0.3 is 0 Å². The number of fused-ring (bicyclic) bond motifs is 13. The summed E-state index contributed by atoms with van der Waals surface area (Å²) in [5.74, 6) is 0.687. The van der Waals surface area contributed by atoms with E-state index in [-0.39, 0.29) is 10.8 Å². The lowest BCUT2D eigenvalue weighted by molar-refractivity contribution is 0.332. The van der Waals surface area contributed by atoms with Crippen molar-refractivity contribution in [2.75, 3.05) is 0 Å². The van der Waals surface area contributed by atoms with Crippen LogP contribution in [0.2, 0.25) is 0 Å². The molecule has 0 N–H and O–H groups in total. The lowest BCUT2D eigenvalue weighted by atomic mass is 9.63. The summed E-state index contributed by atoms with van der Waals surface area (Å²) in [5.41, 5.74) is 12.0. The van der Waals surface area contributed by atoms with E-state index in [9.17, 15) is 0 Å². The van der Waals surface area contributed by atoms with E-state index in [1.54, 1.807) is 11.3 Å². The van der Waals surface area contributed by atoms with Gasteiger partial charge in [-0.25, -0.2) is 9.97 Å². The fourth-order valence-electron chi connectivity index (χ4n) is 9.98. The summed E-state index contributed by atoms with van der Waals surface area (Å²) in [7, 11) is 0. The first-order chi connectivity index (χ1) is 27.8. The zero-order valence-corrected chi connectivity index (χ0v) is 33.3. The predicted octanol–water partition coefficient (Wildman–Crippen LogP) is 14.2. The smallest absolute Gasteiger partial charge is 0.235 e. The molecule has 274 valence electrons. The molecule has 1 aliphatic rings. The molecule has 4 heterocycles. The van der Waals surface area contributed by atoms with Gasteiger partial charge in [0.2, 0.25) is 5.95 Å². The van der Waals surface area contributed by atoms with Crippen molar-refractivity contribution in [1.29, 1.82) is 0 Å². The van der Waals surface area contributed by atoms with Crippen molar-refractivity contribution in [1.82, 2.24) is 19.1 Å². The molecule has 0 atom stereocenters. The second-order valence-corrected chi connectivity index (χ2v) is 18.3. The molecule has 4 aromatic heterocycles. The van der Waals surface area contributed by atoms with Crippen LogP contribution in [0.5, 0.6) is 0 Å². The second-order valence-electron chi connectivity index (χ2n) is 17.2. The van der Waals surface area contributed by atoms with E-state index in [2.05, 4.69) is 182 Å². The van der Waals surface area contributed by atoms with Crippen molar-refractivity contribution in [3.05, 3.63) is 157 Å². The molecule has 57 heavy (non-hydrogen) atoms. The largest absolute Gasteiger partial charge is 0.309 e. The highest BCUT2D eigenvalue weighted by Gasteiger charge is 2.38. The summed E-state index contributed by atoms with van der Waals surface area (Å²) >= 11 is 1.78. The first-order valence-electron chi connectivity index (χ1n) is 20.1. The van der Waals surface area contributed by atoms with Gasteiger partial charge in [0.05, 0.1) is 38.0 Å². The molecule has 0 amide bonds. The third-order valence-electron chi connectivity index (χ3n) is 13.0. The molecule has 4 nitrogen and oxygen atoms in total. The van der Waals surface area contributed by atoms with Crippen LogP contribution in [0.1, 0.15) is 51.7 Å². The molecule has 0 saturated carbocycles. The lowest BCUT2D eigenvalue weighted by Gasteiger charge is -2.42. The molecule has 12 rings (SSSR count). The fraction of sp³-hybridized carbons (Fsp3) is 0.154. The van der Waals surface area contributed by atoms with Crippen LogP contribution in [0, 0.1) is 0 Å². The maximum atomic E-state index is 5.53. The standard InChI is InChI=1S/C52H40N4S/c1-51(2)27-28-52(3,4)38-30-42-36(29-37(38)51)45-39(55(42)33-18-9-6-10-19-33)25-26-41-46(45)44-34-20-12-11-15-31(34)23-24-40(44)56(41)50-53-47(32-16-7-5-8-17-32)49-48(54-50)35-21-13-14-22-43(35)57-49/h5-26,29-30H,27-28H2,1-4H3. The van der Waals surface area contributed by atoms with E-state index in [0.717, 1.165) is 44.3 Å². The summed E-state index contributed by atoms with van der Waals surface area (Å²) in [5, 5.41) is 8.66. The minimum absolute atomic E-state index is 0.0647. The molecule has 0 unspecified atom stereocenters. The Labute approximate surface area is 334 Å².